The third-order valence-corrected chi connectivity index (χ3v) is 3.30. The van der Waals surface area contributed by atoms with Crippen LogP contribution in [-0.2, 0) is 14.3 Å². The number of nitrogens with one attached hydrogen (secondary N) is 3. The molecule has 0 heterocycles. The third-order valence-electron chi connectivity index (χ3n) is 3.30. The van der Waals surface area contributed by atoms with E-state index < -0.39 is 23.7 Å². The molecule has 1 aromatic carbocycles. The Labute approximate surface area is 151 Å². The highest BCUT2D eigenvalue weighted by molar-refractivity contribution is 5.97. The molecule has 4 N–H and O–H groups in total. The third kappa shape index (κ3) is 6.67. The molecular formula is C16H24N4O6. The number of carbonyl (C=O) groups excluding carboxylic acids is 3. The van der Waals surface area contributed by atoms with Crippen molar-refractivity contribution >= 4 is 29.2 Å². The number of anilines is 1. The molecule has 0 aliphatic heterocycles. The summed E-state index contributed by atoms with van der Waals surface area (Å²) in [5, 5.41) is 23.9. The van der Waals surface area contributed by atoms with Crippen molar-refractivity contribution < 1.29 is 29.6 Å². The number of hydrogen-bond donors (Lipinski definition) is 4. The van der Waals surface area contributed by atoms with Crippen molar-refractivity contribution in [2.24, 2.45) is 0 Å². The van der Waals surface area contributed by atoms with Crippen LogP contribution in [0.25, 0.3) is 0 Å². The second-order valence-corrected chi connectivity index (χ2v) is 5.63. The van der Waals surface area contributed by atoms with Crippen LogP contribution in [0.4, 0.5) is 11.4 Å². The minimum absolute atomic E-state index is 0.0309. The van der Waals surface area contributed by atoms with E-state index >= 15 is 0 Å². The number of ether oxygens (including phenoxy) is 1. The summed E-state index contributed by atoms with van der Waals surface area (Å²) in [4.78, 5) is 36.9. The van der Waals surface area contributed by atoms with Gasteiger partial charge in [-0.25, -0.2) is 10.0 Å². The lowest BCUT2D eigenvalue weighted by Crippen LogP contribution is -2.99. The first-order valence-electron chi connectivity index (χ1n) is 8.01. The highest BCUT2D eigenvalue weighted by Gasteiger charge is 2.18. The maximum absolute atomic E-state index is 12.2. The maximum atomic E-state index is 12.2. The van der Waals surface area contributed by atoms with E-state index in [0.717, 1.165) is 6.42 Å². The summed E-state index contributed by atoms with van der Waals surface area (Å²) in [6, 6.07) is 4.05. The lowest BCUT2D eigenvalue weighted by Gasteiger charge is -2.19. The molecule has 144 valence electrons. The molecule has 0 aromatic heterocycles. The number of esters is 1. The van der Waals surface area contributed by atoms with Crippen LogP contribution in [0, 0.1) is 5.21 Å². The van der Waals surface area contributed by atoms with Crippen LogP contribution >= 0.6 is 0 Å². The highest BCUT2D eigenvalue weighted by atomic mass is 16.8. The fraction of sp³-hybridized carbons (Fsp3) is 0.438. The Morgan fingerprint density at radius 3 is 2.50 bits per heavy atom. The van der Waals surface area contributed by atoms with E-state index in [1.165, 1.54) is 18.2 Å². The minimum atomic E-state index is -1.18. The van der Waals surface area contributed by atoms with Crippen molar-refractivity contribution in [3.63, 3.8) is 0 Å². The van der Waals surface area contributed by atoms with Gasteiger partial charge in [-0.3, -0.25) is 9.59 Å². The normalized spacial score (nSPS) is 11.4. The quantitative estimate of drug-likeness (QED) is 0.323. The van der Waals surface area contributed by atoms with Crippen molar-refractivity contribution in [3.05, 3.63) is 29.0 Å². The van der Waals surface area contributed by atoms with Crippen molar-refractivity contribution in [2.75, 3.05) is 38.7 Å². The van der Waals surface area contributed by atoms with Crippen molar-refractivity contribution in [1.29, 1.82) is 0 Å². The van der Waals surface area contributed by atoms with Gasteiger partial charge in [-0.05, 0) is 12.5 Å². The monoisotopic (exact) mass is 368 g/mol. The molecular weight excluding hydrogens is 344 g/mol. The molecule has 0 spiro atoms. The van der Waals surface area contributed by atoms with E-state index in [1.807, 2.05) is 6.92 Å². The standard InChI is InChI=1S/C16H24N4O6/c1-4-7-17-14(21)9-18-15(22)10-26-16(23)12-8-11(20(24)25)5-6-13(12)19(2)3/h5-6,8,20,24H,4,7,9-10H2,1-3H3,(H,17,21)(H,18,22). The van der Waals surface area contributed by atoms with Gasteiger partial charge in [0.2, 0.25) is 5.91 Å². The molecule has 0 aliphatic carbocycles. The second kappa shape index (κ2) is 10.3. The van der Waals surface area contributed by atoms with Crippen LogP contribution in [-0.4, -0.2) is 56.8 Å². The van der Waals surface area contributed by atoms with Gasteiger partial charge >= 0.3 is 5.97 Å². The summed E-state index contributed by atoms with van der Waals surface area (Å²) in [5.74, 6) is -1.80. The van der Waals surface area contributed by atoms with Crippen molar-refractivity contribution in [2.45, 2.75) is 13.3 Å². The van der Waals surface area contributed by atoms with E-state index in [4.69, 9.17) is 9.94 Å². The number of benzene rings is 1. The lowest BCUT2D eigenvalue weighted by atomic mass is 10.1. The van der Waals surface area contributed by atoms with Gasteiger partial charge in [-0.2, -0.15) is 5.23 Å². The van der Waals surface area contributed by atoms with Gasteiger partial charge in [0.15, 0.2) is 12.3 Å². The summed E-state index contributed by atoms with van der Waals surface area (Å²) < 4.78 is 4.93. The summed E-state index contributed by atoms with van der Waals surface area (Å²) >= 11 is 0. The molecule has 0 fully saturated rings. The molecule has 2 amide bonds. The van der Waals surface area contributed by atoms with Gasteiger partial charge in [-0.1, -0.05) is 6.92 Å². The molecule has 10 heteroatoms. The number of quaternary nitrogens is 1. The van der Waals surface area contributed by atoms with Gasteiger partial charge in [0.05, 0.1) is 17.8 Å². The summed E-state index contributed by atoms with van der Waals surface area (Å²) in [6.45, 7) is 1.62. The molecule has 0 bridgehead atoms. The highest BCUT2D eigenvalue weighted by Crippen LogP contribution is 2.22. The Morgan fingerprint density at radius 2 is 1.92 bits per heavy atom. The van der Waals surface area contributed by atoms with E-state index in [0.29, 0.717) is 12.2 Å². The number of amides is 2. The number of carbonyl (C=O) groups is 3. The van der Waals surface area contributed by atoms with Crippen molar-refractivity contribution in [1.82, 2.24) is 10.6 Å². The van der Waals surface area contributed by atoms with Gasteiger partial charge in [0, 0.05) is 32.8 Å². The van der Waals surface area contributed by atoms with E-state index in [-0.39, 0.29) is 23.7 Å². The average Bonchev–Trinajstić information content (AvgIpc) is 2.61. The van der Waals surface area contributed by atoms with E-state index in [2.05, 4.69) is 10.6 Å². The Morgan fingerprint density at radius 1 is 1.23 bits per heavy atom. The predicted octanol–water partition coefficient (Wildman–Crippen LogP) is -1.04. The summed E-state index contributed by atoms with van der Waals surface area (Å²) in [6.07, 6.45) is 0.779. The Balaban J connectivity index is 2.65. The smallest absolute Gasteiger partial charge is 0.340 e. The van der Waals surface area contributed by atoms with Crippen LogP contribution in [0.15, 0.2) is 18.2 Å². The molecule has 1 atom stereocenters. The zero-order chi connectivity index (χ0) is 19.7. The topological polar surface area (TPSA) is 135 Å². The Bertz CT molecular complexity index is 648. The SMILES string of the molecule is CCCNC(=O)CNC(=O)COC(=O)c1cc([NH+]([O-])O)ccc1N(C)C. The fourth-order valence-corrected chi connectivity index (χ4v) is 1.99. The van der Waals surface area contributed by atoms with E-state index in [1.54, 1.807) is 19.0 Å². The molecule has 1 unspecified atom stereocenters. The first-order chi connectivity index (χ1) is 12.3. The van der Waals surface area contributed by atoms with Gasteiger partial charge in [-0.15, -0.1) is 0 Å². The predicted molar refractivity (Wildman–Crippen MR) is 93.1 cm³/mol. The van der Waals surface area contributed by atoms with Crippen molar-refractivity contribution in [3.8, 4) is 0 Å². The van der Waals surface area contributed by atoms with Crippen LogP contribution < -0.4 is 20.8 Å². The first kappa shape index (κ1) is 21.4. The van der Waals surface area contributed by atoms with Crippen LogP contribution in [0.1, 0.15) is 23.7 Å². The minimum Gasteiger partial charge on any atom is -0.595 e. The average molecular weight is 368 g/mol. The largest absolute Gasteiger partial charge is 0.595 e. The molecule has 0 radical (unpaired) electrons. The molecule has 1 aromatic rings. The fourth-order valence-electron chi connectivity index (χ4n) is 1.99. The van der Waals surface area contributed by atoms with Gasteiger partial charge in [0.25, 0.3) is 5.91 Å². The number of nitrogens with zero attached hydrogens (tertiary/aromatic N) is 1. The molecule has 0 aliphatic rings. The zero-order valence-corrected chi connectivity index (χ0v) is 15.0. The second-order valence-electron chi connectivity index (χ2n) is 5.63. The van der Waals surface area contributed by atoms with Crippen LogP contribution in [0.5, 0.6) is 0 Å². The molecule has 0 saturated heterocycles. The molecule has 26 heavy (non-hydrogen) atoms. The Hall–Kier alpha value is -2.69. The number of hydrogen-bond acceptors (Lipinski definition) is 7. The number of rotatable bonds is 9. The van der Waals surface area contributed by atoms with Gasteiger partial charge in [0.1, 0.15) is 0 Å². The Kier molecular flexibility index (Phi) is 8.49. The molecule has 10 nitrogen and oxygen atoms in total. The maximum Gasteiger partial charge on any atom is 0.340 e. The molecule has 1 rings (SSSR count). The van der Waals surface area contributed by atoms with E-state index in [9.17, 15) is 19.6 Å². The summed E-state index contributed by atoms with van der Waals surface area (Å²) in [7, 11) is 3.38. The molecule has 0 saturated carbocycles. The van der Waals surface area contributed by atoms with Crippen LogP contribution in [0.2, 0.25) is 0 Å². The summed E-state index contributed by atoms with van der Waals surface area (Å²) in [5.41, 5.74) is 0.419. The zero-order valence-electron chi connectivity index (χ0n) is 15.0. The first-order valence-corrected chi connectivity index (χ1v) is 8.01. The van der Waals surface area contributed by atoms with Crippen LogP contribution in [0.3, 0.4) is 0 Å². The van der Waals surface area contributed by atoms with Gasteiger partial charge < -0.3 is 25.5 Å². The lowest BCUT2D eigenvalue weighted by molar-refractivity contribution is -0.991.